The van der Waals surface area contributed by atoms with Crippen LogP contribution in [0.4, 0.5) is 0 Å². The van der Waals surface area contributed by atoms with Crippen LogP contribution in [-0.4, -0.2) is 36.9 Å². The summed E-state index contributed by atoms with van der Waals surface area (Å²) in [6.45, 7) is 5.72. The Kier molecular flexibility index (Phi) is 5.34. The number of carboxylic acid groups (broad SMARTS) is 1. The Labute approximate surface area is 127 Å². The number of carboxylic acids is 1. The van der Waals surface area contributed by atoms with Gasteiger partial charge in [-0.25, -0.2) is 13.2 Å². The summed E-state index contributed by atoms with van der Waals surface area (Å²) in [7, 11) is -2.14. The van der Waals surface area contributed by atoms with Gasteiger partial charge in [-0.2, -0.15) is 4.31 Å². The lowest BCUT2D eigenvalue weighted by Crippen LogP contribution is -2.38. The standard InChI is InChI=1S/C13H18BrNO4S/c1-8(2)9(3)15(4)20(18,19)12-6-5-10(13(16)17)7-11(12)14/h5-9H,1-4H3,(H,16,17). The monoisotopic (exact) mass is 363 g/mol. The van der Waals surface area contributed by atoms with E-state index in [1.165, 1.54) is 29.6 Å². The fourth-order valence-corrected chi connectivity index (χ4v) is 4.17. The predicted molar refractivity (Wildman–Crippen MR) is 80.4 cm³/mol. The van der Waals surface area contributed by atoms with Crippen LogP contribution in [0.2, 0.25) is 0 Å². The molecule has 1 unspecified atom stereocenters. The highest BCUT2D eigenvalue weighted by Gasteiger charge is 2.29. The number of halogens is 1. The Morgan fingerprint density at radius 2 is 1.85 bits per heavy atom. The van der Waals surface area contributed by atoms with E-state index in [2.05, 4.69) is 15.9 Å². The Morgan fingerprint density at radius 3 is 2.25 bits per heavy atom. The topological polar surface area (TPSA) is 74.7 Å². The van der Waals surface area contributed by atoms with Crippen molar-refractivity contribution in [2.45, 2.75) is 31.7 Å². The van der Waals surface area contributed by atoms with Crippen molar-refractivity contribution in [3.63, 3.8) is 0 Å². The van der Waals surface area contributed by atoms with Gasteiger partial charge in [0.25, 0.3) is 0 Å². The van der Waals surface area contributed by atoms with Gasteiger partial charge in [0.2, 0.25) is 10.0 Å². The van der Waals surface area contributed by atoms with Gasteiger partial charge in [-0.1, -0.05) is 13.8 Å². The molecule has 1 rings (SSSR count). The number of sulfonamides is 1. The molecule has 7 heteroatoms. The van der Waals surface area contributed by atoms with Gasteiger partial charge in [0.15, 0.2) is 0 Å². The Bertz CT molecular complexity index is 613. The van der Waals surface area contributed by atoms with Crippen LogP contribution in [0.5, 0.6) is 0 Å². The zero-order valence-corrected chi connectivity index (χ0v) is 14.2. The lowest BCUT2D eigenvalue weighted by Gasteiger charge is -2.27. The Hall–Kier alpha value is -0.920. The first-order chi connectivity index (χ1) is 9.09. The van der Waals surface area contributed by atoms with E-state index in [4.69, 9.17) is 5.11 Å². The van der Waals surface area contributed by atoms with Crippen LogP contribution in [0.3, 0.4) is 0 Å². The largest absolute Gasteiger partial charge is 0.478 e. The van der Waals surface area contributed by atoms with Gasteiger partial charge >= 0.3 is 5.97 Å². The highest BCUT2D eigenvalue weighted by molar-refractivity contribution is 9.10. The van der Waals surface area contributed by atoms with E-state index in [-0.39, 0.29) is 26.9 Å². The molecular formula is C13H18BrNO4S. The van der Waals surface area contributed by atoms with Crippen LogP contribution in [0.25, 0.3) is 0 Å². The average Bonchev–Trinajstić information content (AvgIpc) is 2.36. The molecule has 0 saturated carbocycles. The van der Waals surface area contributed by atoms with Crippen LogP contribution < -0.4 is 0 Å². The van der Waals surface area contributed by atoms with E-state index in [1.54, 1.807) is 0 Å². The van der Waals surface area contributed by atoms with Gasteiger partial charge < -0.3 is 5.11 Å². The Balaban J connectivity index is 3.26. The molecule has 0 amide bonds. The number of nitrogens with zero attached hydrogens (tertiary/aromatic N) is 1. The number of hydrogen-bond donors (Lipinski definition) is 1. The van der Waals surface area contributed by atoms with Crippen LogP contribution in [0, 0.1) is 5.92 Å². The molecule has 0 fully saturated rings. The second-order valence-electron chi connectivity index (χ2n) is 4.96. The van der Waals surface area contributed by atoms with Gasteiger partial charge in [-0.05, 0) is 47.0 Å². The molecule has 1 atom stereocenters. The van der Waals surface area contributed by atoms with E-state index in [9.17, 15) is 13.2 Å². The molecule has 1 aromatic carbocycles. The third kappa shape index (κ3) is 3.39. The minimum atomic E-state index is -3.66. The summed E-state index contributed by atoms with van der Waals surface area (Å²) in [5.74, 6) is -0.926. The fraction of sp³-hybridized carbons (Fsp3) is 0.462. The van der Waals surface area contributed by atoms with E-state index >= 15 is 0 Å². The third-order valence-corrected chi connectivity index (χ3v) is 6.30. The van der Waals surface area contributed by atoms with E-state index in [0.29, 0.717) is 0 Å². The van der Waals surface area contributed by atoms with E-state index < -0.39 is 16.0 Å². The zero-order valence-electron chi connectivity index (χ0n) is 11.8. The SMILES string of the molecule is CC(C)C(C)N(C)S(=O)(=O)c1ccc(C(=O)O)cc1Br. The van der Waals surface area contributed by atoms with Crippen molar-refractivity contribution in [2.75, 3.05) is 7.05 Å². The maximum atomic E-state index is 12.5. The average molecular weight is 364 g/mol. The Morgan fingerprint density at radius 1 is 1.30 bits per heavy atom. The summed E-state index contributed by atoms with van der Waals surface area (Å²) in [5.41, 5.74) is 0.0374. The highest BCUT2D eigenvalue weighted by atomic mass is 79.9. The zero-order chi connectivity index (χ0) is 15.7. The lowest BCUT2D eigenvalue weighted by atomic mass is 10.1. The van der Waals surface area contributed by atoms with Crippen LogP contribution in [-0.2, 0) is 10.0 Å². The second kappa shape index (κ2) is 6.24. The summed E-state index contributed by atoms with van der Waals surface area (Å²) in [4.78, 5) is 10.9. The van der Waals surface area contributed by atoms with Gasteiger partial charge in [0.05, 0.1) is 10.5 Å². The highest BCUT2D eigenvalue weighted by Crippen LogP contribution is 2.27. The fourth-order valence-electron chi connectivity index (χ4n) is 1.64. The number of carbonyl (C=O) groups is 1. The minimum absolute atomic E-state index is 0.0374. The van der Waals surface area contributed by atoms with Crippen molar-refractivity contribution in [1.82, 2.24) is 4.31 Å². The molecule has 0 radical (unpaired) electrons. The number of hydrogen-bond acceptors (Lipinski definition) is 3. The first-order valence-corrected chi connectivity index (χ1v) is 8.33. The molecule has 0 bridgehead atoms. The van der Waals surface area contributed by atoms with Crippen molar-refractivity contribution in [2.24, 2.45) is 5.92 Å². The van der Waals surface area contributed by atoms with Crippen molar-refractivity contribution in [1.29, 1.82) is 0 Å². The molecule has 1 N–H and O–H groups in total. The maximum Gasteiger partial charge on any atom is 0.335 e. The van der Waals surface area contributed by atoms with Crippen LogP contribution in [0.15, 0.2) is 27.6 Å². The van der Waals surface area contributed by atoms with Crippen LogP contribution in [0.1, 0.15) is 31.1 Å². The summed E-state index contributed by atoms with van der Waals surface area (Å²) < 4.78 is 26.6. The molecule has 20 heavy (non-hydrogen) atoms. The molecule has 0 aliphatic carbocycles. The summed E-state index contributed by atoms with van der Waals surface area (Å²) in [5, 5.41) is 8.89. The molecule has 0 saturated heterocycles. The van der Waals surface area contributed by atoms with Crippen molar-refractivity contribution >= 4 is 31.9 Å². The van der Waals surface area contributed by atoms with Gasteiger partial charge in [0.1, 0.15) is 0 Å². The molecular weight excluding hydrogens is 346 g/mol. The molecule has 5 nitrogen and oxygen atoms in total. The maximum absolute atomic E-state index is 12.5. The first kappa shape index (κ1) is 17.1. The quantitative estimate of drug-likeness (QED) is 0.872. The third-order valence-electron chi connectivity index (χ3n) is 3.37. The summed E-state index contributed by atoms with van der Waals surface area (Å²) in [6, 6.07) is 3.73. The number of aromatic carboxylic acids is 1. The van der Waals surface area contributed by atoms with E-state index in [0.717, 1.165) is 0 Å². The van der Waals surface area contributed by atoms with Crippen molar-refractivity contribution in [3.8, 4) is 0 Å². The molecule has 0 heterocycles. The molecule has 112 valence electrons. The summed E-state index contributed by atoms with van der Waals surface area (Å²) >= 11 is 3.14. The number of rotatable bonds is 5. The molecule has 0 aliphatic rings. The smallest absolute Gasteiger partial charge is 0.335 e. The number of benzene rings is 1. The molecule has 0 aliphatic heterocycles. The second-order valence-corrected chi connectivity index (χ2v) is 7.78. The summed E-state index contributed by atoms with van der Waals surface area (Å²) in [6.07, 6.45) is 0. The minimum Gasteiger partial charge on any atom is -0.478 e. The first-order valence-electron chi connectivity index (χ1n) is 6.10. The van der Waals surface area contributed by atoms with Crippen molar-refractivity contribution in [3.05, 3.63) is 28.2 Å². The molecule has 1 aromatic rings. The van der Waals surface area contributed by atoms with Crippen molar-refractivity contribution < 1.29 is 18.3 Å². The molecule has 0 aromatic heterocycles. The van der Waals surface area contributed by atoms with Crippen LogP contribution >= 0.6 is 15.9 Å². The van der Waals surface area contributed by atoms with Gasteiger partial charge in [-0.3, -0.25) is 0 Å². The van der Waals surface area contributed by atoms with Gasteiger partial charge in [-0.15, -0.1) is 0 Å². The predicted octanol–water partition coefficient (Wildman–Crippen LogP) is 2.81. The van der Waals surface area contributed by atoms with Gasteiger partial charge in [0, 0.05) is 17.6 Å². The van der Waals surface area contributed by atoms with E-state index in [1.807, 2.05) is 20.8 Å². The molecule has 0 spiro atoms. The lowest BCUT2D eigenvalue weighted by molar-refractivity contribution is 0.0696. The normalized spacial score (nSPS) is 13.8.